The molecule has 5 heteroatoms. The number of carbonyl (C=O) groups is 2. The van der Waals surface area contributed by atoms with E-state index in [1.165, 1.54) is 10.5 Å². The number of hydrogen-bond acceptors (Lipinski definition) is 3. The van der Waals surface area contributed by atoms with Crippen molar-refractivity contribution in [2.75, 3.05) is 18.4 Å². The zero-order valence-corrected chi connectivity index (χ0v) is 11.1. The van der Waals surface area contributed by atoms with Crippen molar-refractivity contribution in [1.29, 1.82) is 0 Å². The molecule has 1 aromatic carbocycles. The van der Waals surface area contributed by atoms with E-state index in [2.05, 4.69) is 24.4 Å². The molecule has 1 saturated heterocycles. The van der Waals surface area contributed by atoms with Crippen molar-refractivity contribution in [2.45, 2.75) is 25.8 Å². The van der Waals surface area contributed by atoms with Gasteiger partial charge in [-0.15, -0.1) is 0 Å². The van der Waals surface area contributed by atoms with Gasteiger partial charge in [0.1, 0.15) is 0 Å². The Morgan fingerprint density at radius 2 is 1.89 bits per heavy atom. The number of para-hydroxylation sites is 1. The van der Waals surface area contributed by atoms with Crippen LogP contribution in [0.4, 0.5) is 5.69 Å². The molecule has 102 valence electrons. The fraction of sp³-hybridized carbons (Fsp3) is 0.429. The van der Waals surface area contributed by atoms with E-state index < -0.39 is 11.8 Å². The molecule has 19 heavy (non-hydrogen) atoms. The third-order valence-electron chi connectivity index (χ3n) is 3.50. The minimum atomic E-state index is -0.870. The highest BCUT2D eigenvalue weighted by Crippen LogP contribution is 2.19. The summed E-state index contributed by atoms with van der Waals surface area (Å²) in [4.78, 5) is 23.8. The second kappa shape index (κ2) is 5.73. The largest absolute Gasteiger partial charge is 0.382 e. The number of nitrogens with two attached hydrogens (primary N) is 1. The Labute approximate surface area is 112 Å². The summed E-state index contributed by atoms with van der Waals surface area (Å²) >= 11 is 0. The number of primary amides is 1. The van der Waals surface area contributed by atoms with E-state index in [9.17, 15) is 9.59 Å². The maximum Gasteiger partial charge on any atom is 0.311 e. The lowest BCUT2D eigenvalue weighted by atomic mass is 10.0. The number of nitrogens with zero attached hydrogens (tertiary/aromatic N) is 1. The van der Waals surface area contributed by atoms with E-state index in [0.29, 0.717) is 19.1 Å². The number of hydrogen-bond donors (Lipinski definition) is 2. The predicted molar refractivity (Wildman–Crippen MR) is 73.6 cm³/mol. The molecule has 1 aliphatic heterocycles. The first kappa shape index (κ1) is 13.4. The summed E-state index contributed by atoms with van der Waals surface area (Å²) in [7, 11) is 0. The molecule has 0 saturated carbocycles. The minimum absolute atomic E-state index is 0.332. The van der Waals surface area contributed by atoms with Crippen molar-refractivity contribution in [3.8, 4) is 0 Å². The van der Waals surface area contributed by atoms with Crippen LogP contribution in [0.25, 0.3) is 0 Å². The summed E-state index contributed by atoms with van der Waals surface area (Å²) in [6.45, 7) is 3.21. The number of nitrogens with one attached hydrogen (secondary N) is 1. The topological polar surface area (TPSA) is 75.4 Å². The van der Waals surface area contributed by atoms with Gasteiger partial charge < -0.3 is 16.0 Å². The lowest BCUT2D eigenvalue weighted by Crippen LogP contribution is -2.47. The minimum Gasteiger partial charge on any atom is -0.382 e. The average molecular weight is 261 g/mol. The summed E-state index contributed by atoms with van der Waals surface area (Å²) in [5.41, 5.74) is 7.33. The third-order valence-corrected chi connectivity index (χ3v) is 3.50. The van der Waals surface area contributed by atoms with Crippen LogP contribution >= 0.6 is 0 Å². The Morgan fingerprint density at radius 1 is 1.26 bits per heavy atom. The van der Waals surface area contributed by atoms with Crippen molar-refractivity contribution in [1.82, 2.24) is 4.90 Å². The first-order chi connectivity index (χ1) is 9.08. The molecule has 2 rings (SSSR count). The van der Waals surface area contributed by atoms with Crippen LogP contribution in [0, 0.1) is 6.92 Å². The average Bonchev–Trinajstić information content (AvgIpc) is 2.41. The van der Waals surface area contributed by atoms with Crippen molar-refractivity contribution >= 4 is 17.5 Å². The highest BCUT2D eigenvalue weighted by Gasteiger charge is 2.25. The molecule has 3 N–H and O–H groups in total. The van der Waals surface area contributed by atoms with Crippen LogP contribution in [0.1, 0.15) is 18.4 Å². The van der Waals surface area contributed by atoms with Crippen molar-refractivity contribution < 1.29 is 9.59 Å². The molecular weight excluding hydrogens is 242 g/mol. The summed E-state index contributed by atoms with van der Waals surface area (Å²) in [6, 6.07) is 8.46. The molecule has 0 bridgehead atoms. The molecule has 1 aliphatic rings. The van der Waals surface area contributed by atoms with Crippen LogP contribution in [0.2, 0.25) is 0 Å². The van der Waals surface area contributed by atoms with Gasteiger partial charge in [-0.3, -0.25) is 9.59 Å². The molecule has 5 nitrogen and oxygen atoms in total. The summed E-state index contributed by atoms with van der Waals surface area (Å²) in [5.74, 6) is -1.44. The lowest BCUT2D eigenvalue weighted by molar-refractivity contribution is -0.144. The lowest BCUT2D eigenvalue weighted by Gasteiger charge is -2.32. The van der Waals surface area contributed by atoms with Gasteiger partial charge in [0, 0.05) is 24.8 Å². The van der Waals surface area contributed by atoms with Gasteiger partial charge in [-0.25, -0.2) is 0 Å². The van der Waals surface area contributed by atoms with E-state index in [0.717, 1.165) is 18.5 Å². The van der Waals surface area contributed by atoms with Gasteiger partial charge in [0.15, 0.2) is 0 Å². The molecule has 0 spiro atoms. The third kappa shape index (κ3) is 3.24. The number of aryl methyl sites for hydroxylation is 1. The number of likely N-dealkylation sites (tertiary alicyclic amines) is 1. The van der Waals surface area contributed by atoms with Crippen LogP contribution in [0.5, 0.6) is 0 Å². The van der Waals surface area contributed by atoms with Gasteiger partial charge in [0.05, 0.1) is 0 Å². The number of piperidine rings is 1. The van der Waals surface area contributed by atoms with Gasteiger partial charge in [0.2, 0.25) is 0 Å². The number of anilines is 1. The fourth-order valence-corrected chi connectivity index (χ4v) is 2.34. The Bertz CT molecular complexity index is 479. The number of benzene rings is 1. The van der Waals surface area contributed by atoms with Crippen LogP contribution in [-0.2, 0) is 9.59 Å². The molecule has 0 aliphatic carbocycles. The smallest absolute Gasteiger partial charge is 0.311 e. The van der Waals surface area contributed by atoms with E-state index in [1.807, 2.05) is 12.1 Å². The maximum atomic E-state index is 11.4. The highest BCUT2D eigenvalue weighted by molar-refractivity contribution is 6.34. The Balaban J connectivity index is 1.89. The van der Waals surface area contributed by atoms with E-state index >= 15 is 0 Å². The van der Waals surface area contributed by atoms with Crippen LogP contribution in [0.3, 0.4) is 0 Å². The predicted octanol–water partition coefficient (Wildman–Crippen LogP) is 0.883. The molecule has 2 amide bonds. The summed E-state index contributed by atoms with van der Waals surface area (Å²) in [5, 5.41) is 3.48. The second-order valence-electron chi connectivity index (χ2n) is 4.89. The van der Waals surface area contributed by atoms with Crippen LogP contribution in [-0.4, -0.2) is 35.8 Å². The molecule has 0 atom stereocenters. The van der Waals surface area contributed by atoms with Gasteiger partial charge in [0.25, 0.3) is 0 Å². The second-order valence-corrected chi connectivity index (χ2v) is 4.89. The molecule has 0 radical (unpaired) electrons. The van der Waals surface area contributed by atoms with E-state index in [4.69, 9.17) is 5.73 Å². The van der Waals surface area contributed by atoms with Crippen LogP contribution < -0.4 is 11.1 Å². The quantitative estimate of drug-likeness (QED) is 0.776. The maximum absolute atomic E-state index is 11.4. The Morgan fingerprint density at radius 3 is 2.47 bits per heavy atom. The van der Waals surface area contributed by atoms with E-state index in [-0.39, 0.29) is 0 Å². The zero-order chi connectivity index (χ0) is 13.8. The molecule has 0 unspecified atom stereocenters. The van der Waals surface area contributed by atoms with Crippen LogP contribution in [0.15, 0.2) is 24.3 Å². The molecule has 1 aromatic rings. The zero-order valence-electron chi connectivity index (χ0n) is 11.1. The van der Waals surface area contributed by atoms with Gasteiger partial charge in [-0.2, -0.15) is 0 Å². The monoisotopic (exact) mass is 261 g/mol. The fourth-order valence-electron chi connectivity index (χ4n) is 2.34. The molecule has 1 heterocycles. The summed E-state index contributed by atoms with van der Waals surface area (Å²) < 4.78 is 0. The molecule has 0 aromatic heterocycles. The molecular formula is C14H19N3O2. The van der Waals surface area contributed by atoms with Crippen molar-refractivity contribution in [3.63, 3.8) is 0 Å². The molecule has 1 fully saturated rings. The number of amides is 2. The van der Waals surface area contributed by atoms with Gasteiger partial charge in [-0.1, -0.05) is 18.2 Å². The number of carbonyl (C=O) groups excluding carboxylic acids is 2. The van der Waals surface area contributed by atoms with Gasteiger partial charge in [-0.05, 0) is 31.4 Å². The van der Waals surface area contributed by atoms with Gasteiger partial charge >= 0.3 is 11.8 Å². The summed E-state index contributed by atoms with van der Waals surface area (Å²) in [6.07, 6.45) is 1.65. The first-order valence-corrected chi connectivity index (χ1v) is 6.49. The number of rotatable bonds is 2. The van der Waals surface area contributed by atoms with Crippen molar-refractivity contribution in [3.05, 3.63) is 29.8 Å². The Kier molecular flexibility index (Phi) is 4.04. The van der Waals surface area contributed by atoms with Crippen molar-refractivity contribution in [2.24, 2.45) is 5.73 Å². The SMILES string of the molecule is Cc1ccccc1NC1CCN(C(=O)C(N)=O)CC1. The first-order valence-electron chi connectivity index (χ1n) is 6.49. The van der Waals surface area contributed by atoms with E-state index in [1.54, 1.807) is 0 Å². The Hall–Kier alpha value is -2.04. The highest BCUT2D eigenvalue weighted by atomic mass is 16.2. The standard InChI is InChI=1S/C14H19N3O2/c1-10-4-2-3-5-12(10)16-11-6-8-17(9-7-11)14(19)13(15)18/h2-5,11,16H,6-9H2,1H3,(H2,15,18). The normalized spacial score (nSPS) is 16.2.